The van der Waals surface area contributed by atoms with Crippen LogP contribution in [0.15, 0.2) is 72.8 Å². The maximum absolute atomic E-state index is 12.2. The molecule has 0 saturated carbocycles. The van der Waals surface area contributed by atoms with Crippen molar-refractivity contribution in [3.05, 3.63) is 94.5 Å². The maximum Gasteiger partial charge on any atom is 0.269 e. The Balaban J connectivity index is 1.36. The van der Waals surface area contributed by atoms with E-state index in [1.54, 1.807) is 49.4 Å². The lowest BCUT2D eigenvalue weighted by atomic mass is 10.2. The number of halogens is 1. The van der Waals surface area contributed by atoms with Crippen LogP contribution in [0, 0.1) is 6.92 Å². The van der Waals surface area contributed by atoms with Crippen molar-refractivity contribution in [3.63, 3.8) is 0 Å². The van der Waals surface area contributed by atoms with E-state index in [1.165, 1.54) is 5.56 Å². The predicted octanol–water partition coefficient (Wildman–Crippen LogP) is 4.45. The molecule has 0 aromatic heterocycles. The average Bonchev–Trinajstić information content (AvgIpc) is 2.85. The van der Waals surface area contributed by atoms with E-state index in [9.17, 15) is 14.4 Å². The molecule has 0 heterocycles. The summed E-state index contributed by atoms with van der Waals surface area (Å²) in [7, 11) is 0. The van der Waals surface area contributed by atoms with E-state index >= 15 is 0 Å². The van der Waals surface area contributed by atoms with E-state index in [0.29, 0.717) is 28.6 Å². The second-order valence-electron chi connectivity index (χ2n) is 7.57. The van der Waals surface area contributed by atoms with Gasteiger partial charge in [0.2, 0.25) is 11.8 Å². The molecule has 0 aliphatic rings. The van der Waals surface area contributed by atoms with Gasteiger partial charge in [-0.3, -0.25) is 25.2 Å². The van der Waals surface area contributed by atoms with Crippen LogP contribution in [0.4, 0.5) is 5.69 Å². The number of nitrogens with one attached hydrogen (secondary N) is 3. The molecule has 0 unspecified atom stereocenters. The third-order valence-electron chi connectivity index (χ3n) is 5.06. The Bertz CT molecular complexity index is 1130. The zero-order valence-corrected chi connectivity index (χ0v) is 19.5. The SMILES string of the molecule is Cc1c(Cl)cccc1NC(=O)CCC(=O)NNC(=O)c1ccc(OCCc2ccccc2)cc1. The number of carbonyl (C=O) groups excluding carboxylic acids is 3. The second-order valence-corrected chi connectivity index (χ2v) is 7.98. The standard InChI is InChI=1S/C26H26ClN3O4/c1-18-22(27)8-5-9-23(18)28-24(31)14-15-25(32)29-30-26(33)20-10-12-21(13-11-20)34-17-16-19-6-3-2-4-7-19/h2-13H,14-17H2,1H3,(H,28,31)(H,29,32)(H,30,33). The third-order valence-corrected chi connectivity index (χ3v) is 5.46. The van der Waals surface area contributed by atoms with Gasteiger partial charge in [0.1, 0.15) is 5.75 Å². The predicted molar refractivity (Wildman–Crippen MR) is 132 cm³/mol. The highest BCUT2D eigenvalue weighted by atomic mass is 35.5. The Hall–Kier alpha value is -3.84. The van der Waals surface area contributed by atoms with Crippen LogP contribution in [0.1, 0.15) is 34.3 Å². The minimum absolute atomic E-state index is 0.0390. The van der Waals surface area contributed by atoms with E-state index in [2.05, 4.69) is 16.2 Å². The van der Waals surface area contributed by atoms with Crippen LogP contribution in [0.2, 0.25) is 5.02 Å². The molecule has 3 aromatic rings. The highest BCUT2D eigenvalue weighted by molar-refractivity contribution is 6.31. The number of amides is 3. The monoisotopic (exact) mass is 479 g/mol. The number of rotatable bonds is 9. The van der Waals surface area contributed by atoms with Crippen molar-refractivity contribution in [2.24, 2.45) is 0 Å². The van der Waals surface area contributed by atoms with Crippen LogP contribution in [-0.2, 0) is 16.0 Å². The van der Waals surface area contributed by atoms with E-state index in [4.69, 9.17) is 16.3 Å². The molecule has 8 heteroatoms. The summed E-state index contributed by atoms with van der Waals surface area (Å²) in [5.74, 6) is -0.623. The summed E-state index contributed by atoms with van der Waals surface area (Å²) in [6.45, 7) is 2.32. The average molecular weight is 480 g/mol. The van der Waals surface area contributed by atoms with Crippen molar-refractivity contribution < 1.29 is 19.1 Å². The van der Waals surface area contributed by atoms with Crippen molar-refractivity contribution in [1.29, 1.82) is 0 Å². The summed E-state index contributed by atoms with van der Waals surface area (Å²) in [6, 6.07) is 21.8. The molecule has 3 amide bonds. The van der Waals surface area contributed by atoms with Gasteiger partial charge in [0.25, 0.3) is 5.91 Å². The molecule has 0 spiro atoms. The van der Waals surface area contributed by atoms with E-state index in [1.807, 2.05) is 30.3 Å². The molecule has 0 fully saturated rings. The topological polar surface area (TPSA) is 96.5 Å². The van der Waals surface area contributed by atoms with Crippen LogP contribution < -0.4 is 20.9 Å². The Kier molecular flexibility index (Phi) is 9.05. The molecule has 34 heavy (non-hydrogen) atoms. The summed E-state index contributed by atoms with van der Waals surface area (Å²) < 4.78 is 5.71. The van der Waals surface area contributed by atoms with Crippen molar-refractivity contribution in [1.82, 2.24) is 10.9 Å². The first kappa shape index (κ1) is 24.8. The van der Waals surface area contributed by atoms with Crippen LogP contribution in [0.5, 0.6) is 5.75 Å². The second kappa shape index (κ2) is 12.4. The van der Waals surface area contributed by atoms with E-state index in [-0.39, 0.29) is 18.7 Å². The van der Waals surface area contributed by atoms with Gasteiger partial charge in [-0.25, -0.2) is 0 Å². The van der Waals surface area contributed by atoms with Crippen LogP contribution in [0.25, 0.3) is 0 Å². The molecule has 3 N–H and O–H groups in total. The van der Waals surface area contributed by atoms with E-state index in [0.717, 1.165) is 12.0 Å². The number of hydrogen-bond donors (Lipinski definition) is 3. The smallest absolute Gasteiger partial charge is 0.269 e. The number of hydrazine groups is 1. The first-order chi connectivity index (χ1) is 16.4. The fraction of sp³-hybridized carbons (Fsp3) is 0.192. The molecule has 0 atom stereocenters. The molecule has 0 aliphatic heterocycles. The summed E-state index contributed by atoms with van der Waals surface area (Å²) in [5, 5.41) is 3.27. The lowest BCUT2D eigenvalue weighted by molar-refractivity contribution is -0.124. The molecular formula is C26H26ClN3O4. The van der Waals surface area contributed by atoms with Gasteiger partial charge in [0.15, 0.2) is 0 Å². The molecular weight excluding hydrogens is 454 g/mol. The van der Waals surface area contributed by atoms with Gasteiger partial charge in [-0.2, -0.15) is 0 Å². The zero-order valence-electron chi connectivity index (χ0n) is 18.8. The molecule has 3 aromatic carbocycles. The Morgan fingerprint density at radius 1 is 0.824 bits per heavy atom. The highest BCUT2D eigenvalue weighted by Crippen LogP contribution is 2.23. The van der Waals surface area contributed by atoms with Crippen molar-refractivity contribution in [2.45, 2.75) is 26.2 Å². The summed E-state index contributed by atoms with van der Waals surface area (Å²) >= 11 is 6.04. The molecule has 7 nitrogen and oxygen atoms in total. The van der Waals surface area contributed by atoms with Gasteiger partial charge in [-0.05, 0) is 54.4 Å². The summed E-state index contributed by atoms with van der Waals surface area (Å²) in [5.41, 5.74) is 7.56. The van der Waals surface area contributed by atoms with Crippen LogP contribution in [-0.4, -0.2) is 24.3 Å². The van der Waals surface area contributed by atoms with Crippen molar-refractivity contribution >= 4 is 35.0 Å². The molecule has 176 valence electrons. The number of hydrogen-bond acceptors (Lipinski definition) is 4. The van der Waals surface area contributed by atoms with Crippen molar-refractivity contribution in [2.75, 3.05) is 11.9 Å². The van der Waals surface area contributed by atoms with Gasteiger partial charge in [0.05, 0.1) is 6.61 Å². The number of benzene rings is 3. The zero-order chi connectivity index (χ0) is 24.3. The number of anilines is 1. The Morgan fingerprint density at radius 3 is 2.26 bits per heavy atom. The van der Waals surface area contributed by atoms with Gasteiger partial charge in [0, 0.05) is 35.5 Å². The summed E-state index contributed by atoms with van der Waals surface area (Å²) in [6.07, 6.45) is 0.661. The molecule has 0 bridgehead atoms. The largest absolute Gasteiger partial charge is 0.493 e. The molecule has 0 saturated heterocycles. The van der Waals surface area contributed by atoms with Gasteiger partial charge >= 0.3 is 0 Å². The summed E-state index contributed by atoms with van der Waals surface area (Å²) in [4.78, 5) is 36.3. The quantitative estimate of drug-likeness (QED) is 0.395. The number of ether oxygens (including phenoxy) is 1. The first-order valence-electron chi connectivity index (χ1n) is 10.8. The lowest BCUT2D eigenvalue weighted by Gasteiger charge is -2.10. The third kappa shape index (κ3) is 7.64. The Morgan fingerprint density at radius 2 is 1.53 bits per heavy atom. The van der Waals surface area contributed by atoms with Gasteiger partial charge in [-0.15, -0.1) is 0 Å². The fourth-order valence-corrected chi connectivity index (χ4v) is 3.25. The normalized spacial score (nSPS) is 10.3. The lowest BCUT2D eigenvalue weighted by Crippen LogP contribution is -2.41. The fourth-order valence-electron chi connectivity index (χ4n) is 3.08. The molecule has 0 radical (unpaired) electrons. The molecule has 3 rings (SSSR count). The first-order valence-corrected chi connectivity index (χ1v) is 11.2. The van der Waals surface area contributed by atoms with Gasteiger partial charge in [-0.1, -0.05) is 48.0 Å². The maximum atomic E-state index is 12.2. The Labute approximate surface area is 203 Å². The minimum atomic E-state index is -0.479. The van der Waals surface area contributed by atoms with E-state index < -0.39 is 11.8 Å². The molecule has 0 aliphatic carbocycles. The number of carbonyl (C=O) groups is 3. The highest BCUT2D eigenvalue weighted by Gasteiger charge is 2.11. The van der Waals surface area contributed by atoms with Gasteiger partial charge < -0.3 is 10.1 Å². The van der Waals surface area contributed by atoms with Crippen LogP contribution >= 0.6 is 11.6 Å². The van der Waals surface area contributed by atoms with Crippen LogP contribution in [0.3, 0.4) is 0 Å². The minimum Gasteiger partial charge on any atom is -0.493 e. The van der Waals surface area contributed by atoms with Crippen molar-refractivity contribution in [3.8, 4) is 5.75 Å².